The van der Waals surface area contributed by atoms with Crippen LogP contribution in [-0.4, -0.2) is 42.6 Å². The number of amides is 1. The lowest BCUT2D eigenvalue weighted by atomic mass is 9.98. The van der Waals surface area contributed by atoms with Gasteiger partial charge in [-0.2, -0.15) is 5.10 Å². The summed E-state index contributed by atoms with van der Waals surface area (Å²) in [7, 11) is -2.96. The SMILES string of the molecule is O=C1C2CCCCCC2=NN1C1CCS(=O)(=O)C1. The normalized spacial score (nSPS) is 35.2. The summed E-state index contributed by atoms with van der Waals surface area (Å²) >= 11 is 0. The maximum Gasteiger partial charge on any atom is 0.251 e. The Balaban J connectivity index is 1.81. The molecule has 1 amide bonds. The number of hydrogen-bond donors (Lipinski definition) is 0. The standard InChI is InChI=1S/C12H18N2O3S/c15-12-10-4-2-1-3-5-11(10)13-14(12)9-6-7-18(16,17)8-9/h9-10H,1-8H2. The zero-order valence-electron chi connectivity index (χ0n) is 10.3. The highest BCUT2D eigenvalue weighted by molar-refractivity contribution is 7.91. The Morgan fingerprint density at radius 1 is 1.17 bits per heavy atom. The van der Waals surface area contributed by atoms with Crippen LogP contribution in [0.5, 0.6) is 0 Å². The van der Waals surface area contributed by atoms with Gasteiger partial charge in [0.25, 0.3) is 5.91 Å². The Bertz CT molecular complexity index is 497. The van der Waals surface area contributed by atoms with Gasteiger partial charge >= 0.3 is 0 Å². The molecule has 0 radical (unpaired) electrons. The van der Waals surface area contributed by atoms with Gasteiger partial charge in [-0.15, -0.1) is 0 Å². The van der Waals surface area contributed by atoms with E-state index in [1.165, 1.54) is 11.4 Å². The molecule has 0 bridgehead atoms. The number of carbonyl (C=O) groups is 1. The predicted octanol–water partition coefficient (Wildman–Crippen LogP) is 0.952. The van der Waals surface area contributed by atoms with Crippen molar-refractivity contribution < 1.29 is 13.2 Å². The Morgan fingerprint density at radius 3 is 2.72 bits per heavy atom. The summed E-state index contributed by atoms with van der Waals surface area (Å²) in [5.74, 6) is 0.254. The molecule has 3 aliphatic rings. The molecule has 0 aromatic heterocycles. The molecule has 0 spiro atoms. The first-order valence-electron chi connectivity index (χ1n) is 6.68. The number of carbonyl (C=O) groups excluding carboxylic acids is 1. The first-order valence-corrected chi connectivity index (χ1v) is 8.50. The lowest BCUT2D eigenvalue weighted by Gasteiger charge is -2.19. The third-order valence-corrected chi connectivity index (χ3v) is 5.89. The monoisotopic (exact) mass is 270 g/mol. The molecule has 2 heterocycles. The average molecular weight is 270 g/mol. The van der Waals surface area contributed by atoms with Crippen LogP contribution >= 0.6 is 0 Å². The smallest absolute Gasteiger partial charge is 0.251 e. The Hall–Kier alpha value is -0.910. The summed E-state index contributed by atoms with van der Waals surface area (Å²) in [5.41, 5.74) is 0.988. The van der Waals surface area contributed by atoms with Crippen LogP contribution in [0.2, 0.25) is 0 Å². The summed E-state index contributed by atoms with van der Waals surface area (Å²) < 4.78 is 23.0. The zero-order chi connectivity index (χ0) is 12.8. The predicted molar refractivity (Wildman–Crippen MR) is 67.9 cm³/mol. The van der Waals surface area contributed by atoms with E-state index in [2.05, 4.69) is 5.10 Å². The van der Waals surface area contributed by atoms with E-state index in [-0.39, 0.29) is 29.4 Å². The van der Waals surface area contributed by atoms with Crippen molar-refractivity contribution in [2.75, 3.05) is 11.5 Å². The number of sulfone groups is 1. The molecule has 0 N–H and O–H groups in total. The van der Waals surface area contributed by atoms with Crippen molar-refractivity contribution in [3.8, 4) is 0 Å². The maximum absolute atomic E-state index is 12.3. The minimum Gasteiger partial charge on any atom is -0.272 e. The summed E-state index contributed by atoms with van der Waals surface area (Å²) in [6.07, 6.45) is 5.66. The fraction of sp³-hybridized carbons (Fsp3) is 0.833. The number of fused-ring (bicyclic) bond motifs is 1. The van der Waals surface area contributed by atoms with Gasteiger partial charge in [-0.1, -0.05) is 12.8 Å². The van der Waals surface area contributed by atoms with E-state index < -0.39 is 9.84 Å². The topological polar surface area (TPSA) is 66.8 Å². The molecule has 3 rings (SSSR count). The minimum atomic E-state index is -2.96. The van der Waals surface area contributed by atoms with Crippen molar-refractivity contribution in [1.82, 2.24) is 5.01 Å². The summed E-state index contributed by atoms with van der Waals surface area (Å²) in [4.78, 5) is 12.3. The van der Waals surface area contributed by atoms with E-state index in [1.807, 2.05) is 0 Å². The van der Waals surface area contributed by atoms with Crippen molar-refractivity contribution >= 4 is 21.5 Å². The van der Waals surface area contributed by atoms with Gasteiger partial charge in [0.05, 0.1) is 29.2 Å². The van der Waals surface area contributed by atoms with Crippen LogP contribution in [0.1, 0.15) is 38.5 Å². The fourth-order valence-electron chi connectivity index (χ4n) is 3.14. The van der Waals surface area contributed by atoms with Crippen molar-refractivity contribution in [1.29, 1.82) is 0 Å². The molecular weight excluding hydrogens is 252 g/mol. The number of rotatable bonds is 1. The summed E-state index contributed by atoms with van der Waals surface area (Å²) in [6.45, 7) is 0. The van der Waals surface area contributed by atoms with Gasteiger partial charge in [0.15, 0.2) is 9.84 Å². The largest absolute Gasteiger partial charge is 0.272 e. The molecule has 2 aliphatic heterocycles. The molecular formula is C12H18N2O3S. The molecule has 1 aliphatic carbocycles. The zero-order valence-corrected chi connectivity index (χ0v) is 11.2. The summed E-state index contributed by atoms with van der Waals surface area (Å²) in [5, 5.41) is 5.92. The lowest BCUT2D eigenvalue weighted by Crippen LogP contribution is -2.36. The molecule has 0 aromatic rings. The van der Waals surface area contributed by atoms with Crippen molar-refractivity contribution in [2.45, 2.75) is 44.6 Å². The van der Waals surface area contributed by atoms with Crippen LogP contribution in [0.25, 0.3) is 0 Å². The van der Waals surface area contributed by atoms with E-state index in [9.17, 15) is 13.2 Å². The first kappa shape index (κ1) is 12.1. The molecule has 6 heteroatoms. The average Bonchev–Trinajstić information content (AvgIpc) is 2.72. The Kier molecular flexibility index (Phi) is 2.92. The van der Waals surface area contributed by atoms with Crippen LogP contribution in [0.4, 0.5) is 0 Å². The van der Waals surface area contributed by atoms with Crippen LogP contribution in [0.3, 0.4) is 0 Å². The van der Waals surface area contributed by atoms with E-state index >= 15 is 0 Å². The van der Waals surface area contributed by atoms with E-state index in [4.69, 9.17) is 0 Å². The third kappa shape index (κ3) is 2.06. The highest BCUT2D eigenvalue weighted by Gasteiger charge is 2.42. The van der Waals surface area contributed by atoms with Gasteiger partial charge in [0, 0.05) is 0 Å². The molecule has 2 atom stereocenters. The van der Waals surface area contributed by atoms with Gasteiger partial charge in [0.2, 0.25) is 0 Å². The van der Waals surface area contributed by atoms with Crippen LogP contribution in [0, 0.1) is 5.92 Å². The van der Waals surface area contributed by atoms with E-state index in [0.717, 1.165) is 31.4 Å². The molecule has 18 heavy (non-hydrogen) atoms. The second kappa shape index (κ2) is 4.33. The van der Waals surface area contributed by atoms with Gasteiger partial charge in [-0.25, -0.2) is 13.4 Å². The number of hydrogen-bond acceptors (Lipinski definition) is 4. The number of nitrogens with zero attached hydrogens (tertiary/aromatic N) is 2. The quantitative estimate of drug-likeness (QED) is 0.712. The Labute approximate surface area is 107 Å². The molecule has 5 nitrogen and oxygen atoms in total. The third-order valence-electron chi connectivity index (χ3n) is 4.14. The van der Waals surface area contributed by atoms with Gasteiger partial charge < -0.3 is 0 Å². The highest BCUT2D eigenvalue weighted by atomic mass is 32.2. The summed E-state index contributed by atoms with van der Waals surface area (Å²) in [6, 6.07) is -0.220. The molecule has 1 saturated carbocycles. The Morgan fingerprint density at radius 2 is 2.00 bits per heavy atom. The van der Waals surface area contributed by atoms with Gasteiger partial charge in [0.1, 0.15) is 0 Å². The van der Waals surface area contributed by atoms with Crippen molar-refractivity contribution in [2.24, 2.45) is 11.0 Å². The van der Waals surface area contributed by atoms with E-state index in [0.29, 0.717) is 6.42 Å². The fourth-order valence-corrected chi connectivity index (χ4v) is 4.83. The molecule has 100 valence electrons. The molecule has 2 unspecified atom stereocenters. The molecule has 0 aromatic carbocycles. The highest BCUT2D eigenvalue weighted by Crippen LogP contribution is 2.31. The number of hydrazone groups is 1. The van der Waals surface area contributed by atoms with E-state index in [1.54, 1.807) is 0 Å². The maximum atomic E-state index is 12.3. The molecule has 1 saturated heterocycles. The van der Waals surface area contributed by atoms with Gasteiger partial charge in [-0.05, 0) is 25.7 Å². The van der Waals surface area contributed by atoms with Crippen LogP contribution < -0.4 is 0 Å². The second-order valence-corrected chi connectivity index (χ2v) is 7.71. The van der Waals surface area contributed by atoms with Crippen molar-refractivity contribution in [3.05, 3.63) is 0 Å². The minimum absolute atomic E-state index is 0.0361. The van der Waals surface area contributed by atoms with Crippen LogP contribution in [-0.2, 0) is 14.6 Å². The van der Waals surface area contributed by atoms with Gasteiger partial charge in [-0.3, -0.25) is 4.79 Å². The first-order chi connectivity index (χ1) is 8.57. The van der Waals surface area contributed by atoms with Crippen molar-refractivity contribution in [3.63, 3.8) is 0 Å². The second-order valence-electron chi connectivity index (χ2n) is 5.48. The molecule has 2 fully saturated rings. The van der Waals surface area contributed by atoms with Crippen LogP contribution in [0.15, 0.2) is 5.10 Å². The lowest BCUT2D eigenvalue weighted by molar-refractivity contribution is -0.133.